The molecule has 0 spiro atoms. The molecule has 3 aromatic heterocycles. The van der Waals surface area contributed by atoms with E-state index in [1.54, 1.807) is 45.0 Å². The Balaban J connectivity index is 1.73. The van der Waals surface area contributed by atoms with E-state index >= 15 is 0 Å². The number of nitrogen functional groups attached to an aromatic ring is 1. The van der Waals surface area contributed by atoms with Gasteiger partial charge in [0.2, 0.25) is 11.9 Å². The molecule has 136 valence electrons. The zero-order valence-electron chi connectivity index (χ0n) is 14.9. The van der Waals surface area contributed by atoms with Crippen LogP contribution in [0.3, 0.4) is 0 Å². The van der Waals surface area contributed by atoms with E-state index in [0.29, 0.717) is 29.8 Å². The van der Waals surface area contributed by atoms with E-state index in [0.717, 1.165) is 5.56 Å². The number of aryl methyl sites for hydroxylation is 1. The zero-order chi connectivity index (χ0) is 18.7. The van der Waals surface area contributed by atoms with Crippen molar-refractivity contribution in [3.05, 3.63) is 30.7 Å². The fourth-order valence-electron chi connectivity index (χ4n) is 2.40. The van der Waals surface area contributed by atoms with Crippen LogP contribution in [-0.2, 0) is 17.9 Å². The minimum Gasteiger partial charge on any atom is -0.384 e. The monoisotopic (exact) mass is 355 g/mol. The number of nitrogens with two attached hydrogens (primary N) is 1. The third-order valence-electron chi connectivity index (χ3n) is 3.65. The second-order valence-electron chi connectivity index (χ2n) is 5.88. The lowest BCUT2D eigenvalue weighted by molar-refractivity contribution is -0.116. The van der Waals surface area contributed by atoms with Crippen molar-refractivity contribution in [2.75, 3.05) is 30.0 Å². The molecule has 0 aromatic carbocycles. The number of aromatic nitrogens is 6. The molecule has 3 heterocycles. The Morgan fingerprint density at radius 2 is 2.12 bits per heavy atom. The average Bonchev–Trinajstić information content (AvgIpc) is 3.23. The number of carbonyl (C=O) groups is 1. The van der Waals surface area contributed by atoms with Crippen molar-refractivity contribution in [3.63, 3.8) is 0 Å². The zero-order valence-corrected chi connectivity index (χ0v) is 14.9. The summed E-state index contributed by atoms with van der Waals surface area (Å²) >= 11 is 0. The molecule has 0 aliphatic heterocycles. The summed E-state index contributed by atoms with van der Waals surface area (Å²) in [5, 5.41) is 11.2. The van der Waals surface area contributed by atoms with Crippen LogP contribution in [0.2, 0.25) is 0 Å². The normalized spacial score (nSPS) is 10.7. The third kappa shape index (κ3) is 3.79. The Labute approximate surface area is 150 Å². The average molecular weight is 355 g/mol. The summed E-state index contributed by atoms with van der Waals surface area (Å²) in [5.41, 5.74) is 7.26. The van der Waals surface area contributed by atoms with Gasteiger partial charge in [-0.3, -0.25) is 9.48 Å². The van der Waals surface area contributed by atoms with Crippen molar-refractivity contribution in [2.45, 2.75) is 20.0 Å². The molecule has 3 N–H and O–H groups in total. The van der Waals surface area contributed by atoms with Gasteiger partial charge >= 0.3 is 0 Å². The maximum absolute atomic E-state index is 12.2. The number of nitrogens with one attached hydrogen (secondary N) is 1. The van der Waals surface area contributed by atoms with E-state index in [1.165, 1.54) is 0 Å². The SMILES string of the molecule is CCn1nccc1NC(=O)Cn1cc(-c2cc(N)nc(N(C)C)n2)cn1. The number of rotatable bonds is 6. The summed E-state index contributed by atoms with van der Waals surface area (Å²) in [5.74, 6) is 1.35. The Morgan fingerprint density at radius 3 is 2.85 bits per heavy atom. The first-order valence-electron chi connectivity index (χ1n) is 8.12. The second-order valence-corrected chi connectivity index (χ2v) is 5.88. The van der Waals surface area contributed by atoms with Gasteiger partial charge < -0.3 is 16.0 Å². The highest BCUT2D eigenvalue weighted by molar-refractivity contribution is 5.89. The highest BCUT2D eigenvalue weighted by Gasteiger charge is 2.11. The van der Waals surface area contributed by atoms with Gasteiger partial charge in [-0.1, -0.05) is 0 Å². The Bertz CT molecular complexity index is 912. The van der Waals surface area contributed by atoms with E-state index in [-0.39, 0.29) is 12.5 Å². The van der Waals surface area contributed by atoms with E-state index in [9.17, 15) is 4.79 Å². The van der Waals surface area contributed by atoms with Crippen LogP contribution in [0.1, 0.15) is 6.92 Å². The van der Waals surface area contributed by atoms with Gasteiger partial charge in [-0.2, -0.15) is 15.2 Å². The maximum Gasteiger partial charge on any atom is 0.247 e. The van der Waals surface area contributed by atoms with Crippen LogP contribution in [0.15, 0.2) is 30.7 Å². The third-order valence-corrected chi connectivity index (χ3v) is 3.65. The number of amides is 1. The molecule has 10 nitrogen and oxygen atoms in total. The fraction of sp³-hybridized carbons (Fsp3) is 0.312. The lowest BCUT2D eigenvalue weighted by Gasteiger charge is -2.11. The number of hydrogen-bond donors (Lipinski definition) is 2. The van der Waals surface area contributed by atoms with E-state index < -0.39 is 0 Å². The van der Waals surface area contributed by atoms with Crippen molar-refractivity contribution < 1.29 is 4.79 Å². The summed E-state index contributed by atoms with van der Waals surface area (Å²) in [4.78, 5) is 22.6. The molecule has 0 atom stereocenters. The van der Waals surface area contributed by atoms with Crippen LogP contribution >= 0.6 is 0 Å². The molecular formula is C16H21N9O. The van der Waals surface area contributed by atoms with Gasteiger partial charge in [-0.25, -0.2) is 9.67 Å². The second kappa shape index (κ2) is 7.21. The van der Waals surface area contributed by atoms with Gasteiger partial charge in [0.1, 0.15) is 18.2 Å². The minimum atomic E-state index is -0.189. The molecule has 3 rings (SSSR count). The lowest BCUT2D eigenvalue weighted by atomic mass is 10.2. The van der Waals surface area contributed by atoms with E-state index in [2.05, 4.69) is 25.5 Å². The van der Waals surface area contributed by atoms with Crippen molar-refractivity contribution >= 4 is 23.5 Å². The predicted molar refractivity (Wildman–Crippen MR) is 98.5 cm³/mol. The van der Waals surface area contributed by atoms with Gasteiger partial charge in [0.15, 0.2) is 0 Å². The molecule has 0 unspecified atom stereocenters. The fourth-order valence-corrected chi connectivity index (χ4v) is 2.40. The Morgan fingerprint density at radius 1 is 1.31 bits per heavy atom. The van der Waals surface area contributed by atoms with Crippen molar-refractivity contribution in [1.82, 2.24) is 29.5 Å². The lowest BCUT2D eigenvalue weighted by Crippen LogP contribution is -2.21. The first kappa shape index (κ1) is 17.4. The van der Waals surface area contributed by atoms with Gasteiger partial charge in [-0.05, 0) is 6.92 Å². The van der Waals surface area contributed by atoms with Crippen LogP contribution in [-0.4, -0.2) is 49.5 Å². The molecule has 3 aromatic rings. The molecule has 1 amide bonds. The smallest absolute Gasteiger partial charge is 0.247 e. The molecular weight excluding hydrogens is 334 g/mol. The molecule has 0 fully saturated rings. The van der Waals surface area contributed by atoms with Crippen molar-refractivity contribution in [3.8, 4) is 11.3 Å². The Kier molecular flexibility index (Phi) is 4.83. The van der Waals surface area contributed by atoms with Crippen LogP contribution in [0.5, 0.6) is 0 Å². The van der Waals surface area contributed by atoms with Crippen LogP contribution in [0.25, 0.3) is 11.3 Å². The Hall–Kier alpha value is -3.43. The highest BCUT2D eigenvalue weighted by Crippen LogP contribution is 2.20. The first-order chi connectivity index (χ1) is 12.5. The van der Waals surface area contributed by atoms with Crippen LogP contribution in [0, 0.1) is 0 Å². The van der Waals surface area contributed by atoms with Gasteiger partial charge in [0, 0.05) is 44.5 Å². The van der Waals surface area contributed by atoms with Crippen LogP contribution < -0.4 is 16.0 Å². The number of anilines is 3. The highest BCUT2D eigenvalue weighted by atomic mass is 16.2. The minimum absolute atomic E-state index is 0.0794. The van der Waals surface area contributed by atoms with Crippen LogP contribution in [0.4, 0.5) is 17.6 Å². The summed E-state index contributed by atoms with van der Waals surface area (Å²) in [6.07, 6.45) is 5.04. The quantitative estimate of drug-likeness (QED) is 0.672. The van der Waals surface area contributed by atoms with Gasteiger partial charge in [0.05, 0.1) is 18.1 Å². The van der Waals surface area contributed by atoms with Gasteiger partial charge in [0.25, 0.3) is 0 Å². The molecule has 0 aliphatic carbocycles. The molecule has 0 saturated carbocycles. The topological polar surface area (TPSA) is 120 Å². The maximum atomic E-state index is 12.2. The molecule has 0 radical (unpaired) electrons. The van der Waals surface area contributed by atoms with Gasteiger partial charge in [-0.15, -0.1) is 0 Å². The summed E-state index contributed by atoms with van der Waals surface area (Å²) in [6, 6.07) is 3.43. The molecule has 10 heteroatoms. The first-order valence-corrected chi connectivity index (χ1v) is 8.12. The summed E-state index contributed by atoms with van der Waals surface area (Å²) < 4.78 is 3.25. The standard InChI is InChI=1S/C16H21N9O/c1-4-25-14(5-6-18-25)22-15(26)10-24-9-11(8-19-24)12-7-13(17)21-16(20-12)23(2)3/h5-9H,4,10H2,1-3H3,(H,22,26)(H2,17,20,21). The molecule has 0 saturated heterocycles. The predicted octanol–water partition coefficient (Wildman–Crippen LogP) is 0.843. The summed E-state index contributed by atoms with van der Waals surface area (Å²) in [6.45, 7) is 2.71. The van der Waals surface area contributed by atoms with Crippen molar-refractivity contribution in [2.24, 2.45) is 0 Å². The van der Waals surface area contributed by atoms with Crippen molar-refractivity contribution in [1.29, 1.82) is 0 Å². The molecule has 0 aliphatic rings. The number of hydrogen-bond acceptors (Lipinski definition) is 7. The number of nitrogens with zero attached hydrogens (tertiary/aromatic N) is 7. The number of carbonyl (C=O) groups excluding carboxylic acids is 1. The van der Waals surface area contributed by atoms with E-state index in [1.807, 2.05) is 21.0 Å². The van der Waals surface area contributed by atoms with E-state index in [4.69, 9.17) is 5.73 Å². The summed E-state index contributed by atoms with van der Waals surface area (Å²) in [7, 11) is 3.68. The largest absolute Gasteiger partial charge is 0.384 e. The molecule has 0 bridgehead atoms. The molecule has 26 heavy (non-hydrogen) atoms.